The van der Waals surface area contributed by atoms with E-state index >= 15 is 0 Å². The van der Waals surface area contributed by atoms with E-state index in [1.165, 1.54) is 4.90 Å². The summed E-state index contributed by atoms with van der Waals surface area (Å²) in [5.41, 5.74) is 1.19. The fourth-order valence-electron chi connectivity index (χ4n) is 2.51. The second-order valence-electron chi connectivity index (χ2n) is 4.87. The van der Waals surface area contributed by atoms with Crippen molar-refractivity contribution in [2.45, 2.75) is 18.6 Å². The lowest BCUT2D eigenvalue weighted by molar-refractivity contribution is -0.141. The summed E-state index contributed by atoms with van der Waals surface area (Å²) < 4.78 is 0. The molecule has 1 fully saturated rings. The number of nitrogens with zero attached hydrogens (tertiary/aromatic N) is 2. The van der Waals surface area contributed by atoms with Crippen molar-refractivity contribution in [3.05, 3.63) is 30.0 Å². The summed E-state index contributed by atoms with van der Waals surface area (Å²) in [6.45, 7) is 0.0409. The van der Waals surface area contributed by atoms with E-state index in [1.807, 2.05) is 0 Å². The second-order valence-corrected chi connectivity index (χ2v) is 4.87. The highest BCUT2D eigenvalue weighted by Crippen LogP contribution is 2.22. The molecule has 3 N–H and O–H groups in total. The predicted molar refractivity (Wildman–Crippen MR) is 69.2 cm³/mol. The lowest BCUT2D eigenvalue weighted by Gasteiger charge is -2.21. The number of hydrogen-bond acceptors (Lipinski definition) is 4. The average Bonchev–Trinajstić information content (AvgIpc) is 3.02. The number of H-pyrrole nitrogens is 1. The van der Waals surface area contributed by atoms with Crippen LogP contribution in [-0.2, 0) is 4.79 Å². The second kappa shape index (κ2) is 4.61. The largest absolute Gasteiger partial charge is 0.480 e. The van der Waals surface area contributed by atoms with Crippen LogP contribution in [-0.4, -0.2) is 55.9 Å². The number of aliphatic hydroxyl groups is 1. The van der Waals surface area contributed by atoms with Gasteiger partial charge in [0.2, 0.25) is 0 Å². The van der Waals surface area contributed by atoms with Crippen molar-refractivity contribution in [3.8, 4) is 0 Å². The van der Waals surface area contributed by atoms with Crippen molar-refractivity contribution in [2.75, 3.05) is 6.54 Å². The predicted octanol–water partition coefficient (Wildman–Crippen LogP) is 0.223. The summed E-state index contributed by atoms with van der Waals surface area (Å²) in [6.07, 6.45) is 0.868. The molecule has 2 aromatic rings. The zero-order chi connectivity index (χ0) is 14.3. The summed E-state index contributed by atoms with van der Waals surface area (Å²) in [6, 6.07) is 4.02. The van der Waals surface area contributed by atoms with E-state index in [2.05, 4.69) is 10.2 Å². The maximum absolute atomic E-state index is 12.4. The zero-order valence-electron chi connectivity index (χ0n) is 10.5. The molecule has 1 aliphatic rings. The quantitative estimate of drug-likeness (QED) is 0.727. The first-order valence-corrected chi connectivity index (χ1v) is 6.21. The molecule has 3 rings (SSSR count). The van der Waals surface area contributed by atoms with E-state index in [0.717, 1.165) is 10.9 Å². The molecule has 2 atom stereocenters. The Morgan fingerprint density at radius 1 is 1.40 bits per heavy atom. The molecule has 1 aliphatic heterocycles. The van der Waals surface area contributed by atoms with Crippen LogP contribution in [0.5, 0.6) is 0 Å². The first-order valence-electron chi connectivity index (χ1n) is 6.21. The maximum atomic E-state index is 12.4. The Morgan fingerprint density at radius 2 is 2.20 bits per heavy atom. The van der Waals surface area contributed by atoms with Crippen LogP contribution in [0.2, 0.25) is 0 Å². The number of β-amino-alcohol motifs (C(OH)–C–C–N with tert-alkyl or cyclic N) is 1. The van der Waals surface area contributed by atoms with Crippen LogP contribution in [0.1, 0.15) is 16.8 Å². The molecule has 104 valence electrons. The molecule has 1 amide bonds. The fourth-order valence-corrected chi connectivity index (χ4v) is 2.51. The average molecular weight is 275 g/mol. The SMILES string of the molecule is O=C(O)[C@@H]1C[C@H](O)CN1C(=O)c1ccc2[nH]ncc2c1. The third kappa shape index (κ3) is 2.01. The molecule has 0 aliphatic carbocycles. The Kier molecular flexibility index (Phi) is 2.90. The van der Waals surface area contributed by atoms with Gasteiger partial charge in [-0.3, -0.25) is 9.89 Å². The number of likely N-dealkylation sites (tertiary alicyclic amines) is 1. The summed E-state index contributed by atoms with van der Waals surface area (Å²) in [5, 5.41) is 26.1. The standard InChI is InChI=1S/C13H13N3O4/c17-9-4-11(13(19)20)16(6-9)12(18)7-1-2-10-8(3-7)5-14-15-10/h1-3,5,9,11,17H,4,6H2,(H,14,15)(H,19,20)/t9-,11-/m0/s1. The molecule has 7 nitrogen and oxygen atoms in total. The van der Waals surface area contributed by atoms with E-state index in [4.69, 9.17) is 5.11 Å². The van der Waals surface area contributed by atoms with Crippen LogP contribution >= 0.6 is 0 Å². The molecule has 1 saturated heterocycles. The van der Waals surface area contributed by atoms with Gasteiger partial charge in [0.1, 0.15) is 6.04 Å². The minimum Gasteiger partial charge on any atom is -0.480 e. The third-order valence-corrected chi connectivity index (χ3v) is 3.51. The Bertz CT molecular complexity index is 681. The molecule has 7 heteroatoms. The van der Waals surface area contributed by atoms with Gasteiger partial charge in [0.05, 0.1) is 17.8 Å². The molecule has 0 bridgehead atoms. The number of amides is 1. The minimum atomic E-state index is -1.10. The van der Waals surface area contributed by atoms with Gasteiger partial charge in [0, 0.05) is 23.9 Å². The number of aliphatic hydroxyl groups excluding tert-OH is 1. The van der Waals surface area contributed by atoms with Crippen molar-refractivity contribution >= 4 is 22.8 Å². The van der Waals surface area contributed by atoms with Crippen molar-refractivity contribution < 1.29 is 19.8 Å². The van der Waals surface area contributed by atoms with Gasteiger partial charge in [-0.25, -0.2) is 4.79 Å². The van der Waals surface area contributed by atoms with Gasteiger partial charge in [-0.15, -0.1) is 0 Å². The maximum Gasteiger partial charge on any atom is 0.326 e. The Balaban J connectivity index is 1.92. The summed E-state index contributed by atoms with van der Waals surface area (Å²) in [4.78, 5) is 24.7. The highest BCUT2D eigenvalue weighted by Gasteiger charge is 2.39. The van der Waals surface area contributed by atoms with E-state index in [9.17, 15) is 14.7 Å². The summed E-state index contributed by atoms with van der Waals surface area (Å²) >= 11 is 0. The zero-order valence-corrected chi connectivity index (χ0v) is 10.5. The molecule has 2 heterocycles. The highest BCUT2D eigenvalue weighted by atomic mass is 16.4. The number of fused-ring (bicyclic) bond motifs is 1. The molecule has 0 spiro atoms. The number of carboxylic acids is 1. The molecule has 0 radical (unpaired) electrons. The van der Waals surface area contributed by atoms with Gasteiger partial charge in [-0.2, -0.15) is 5.10 Å². The minimum absolute atomic E-state index is 0.0409. The van der Waals surface area contributed by atoms with Gasteiger partial charge < -0.3 is 15.1 Å². The number of aromatic amines is 1. The third-order valence-electron chi connectivity index (χ3n) is 3.51. The van der Waals surface area contributed by atoms with Gasteiger partial charge in [-0.1, -0.05) is 0 Å². The number of carbonyl (C=O) groups excluding carboxylic acids is 1. The van der Waals surface area contributed by atoms with Gasteiger partial charge in [0.25, 0.3) is 5.91 Å². The molecular weight excluding hydrogens is 262 g/mol. The van der Waals surface area contributed by atoms with E-state index in [1.54, 1.807) is 24.4 Å². The number of carbonyl (C=O) groups is 2. The summed E-state index contributed by atoms with van der Waals surface area (Å²) in [7, 11) is 0. The normalized spacial score (nSPS) is 22.4. The van der Waals surface area contributed by atoms with Crippen LogP contribution in [0.4, 0.5) is 0 Å². The smallest absolute Gasteiger partial charge is 0.326 e. The number of aliphatic carboxylic acids is 1. The fraction of sp³-hybridized carbons (Fsp3) is 0.308. The highest BCUT2D eigenvalue weighted by molar-refractivity contribution is 5.99. The van der Waals surface area contributed by atoms with Crippen LogP contribution in [0.3, 0.4) is 0 Å². The van der Waals surface area contributed by atoms with Crippen LogP contribution in [0.15, 0.2) is 24.4 Å². The van der Waals surface area contributed by atoms with Gasteiger partial charge in [0.15, 0.2) is 0 Å². The van der Waals surface area contributed by atoms with Crippen molar-refractivity contribution in [3.63, 3.8) is 0 Å². The Morgan fingerprint density at radius 3 is 2.95 bits per heavy atom. The molecule has 0 unspecified atom stereocenters. The number of carboxylic acid groups (broad SMARTS) is 1. The lowest BCUT2D eigenvalue weighted by Crippen LogP contribution is -2.40. The topological polar surface area (TPSA) is 107 Å². The monoisotopic (exact) mass is 275 g/mol. The molecule has 20 heavy (non-hydrogen) atoms. The number of nitrogens with one attached hydrogen (secondary N) is 1. The molecule has 0 saturated carbocycles. The van der Waals surface area contributed by atoms with E-state index in [-0.39, 0.29) is 13.0 Å². The van der Waals surface area contributed by atoms with Crippen molar-refractivity contribution in [1.82, 2.24) is 15.1 Å². The van der Waals surface area contributed by atoms with Gasteiger partial charge in [-0.05, 0) is 18.2 Å². The Labute approximate surface area is 113 Å². The number of benzene rings is 1. The van der Waals surface area contributed by atoms with Gasteiger partial charge >= 0.3 is 5.97 Å². The molecule has 1 aromatic carbocycles. The Hall–Kier alpha value is -2.41. The molecule has 1 aromatic heterocycles. The van der Waals surface area contributed by atoms with Crippen LogP contribution < -0.4 is 0 Å². The van der Waals surface area contributed by atoms with Crippen molar-refractivity contribution in [1.29, 1.82) is 0 Å². The number of hydrogen-bond donors (Lipinski definition) is 3. The van der Waals surface area contributed by atoms with Crippen LogP contribution in [0, 0.1) is 0 Å². The number of rotatable bonds is 2. The van der Waals surface area contributed by atoms with E-state index < -0.39 is 24.0 Å². The van der Waals surface area contributed by atoms with E-state index in [0.29, 0.717) is 5.56 Å². The summed E-state index contributed by atoms with van der Waals surface area (Å²) in [5.74, 6) is -1.49. The van der Waals surface area contributed by atoms with Crippen molar-refractivity contribution in [2.24, 2.45) is 0 Å². The van der Waals surface area contributed by atoms with Crippen LogP contribution in [0.25, 0.3) is 10.9 Å². The number of aromatic nitrogens is 2. The first kappa shape index (κ1) is 12.6. The first-order chi connectivity index (χ1) is 9.56. The lowest BCUT2D eigenvalue weighted by atomic mass is 10.1. The molecular formula is C13H13N3O4.